The lowest BCUT2D eigenvalue weighted by molar-refractivity contribution is -0.130. The third-order valence-electron chi connectivity index (χ3n) is 1.99. The molecule has 1 N–H and O–H groups in total. The van der Waals surface area contributed by atoms with Gasteiger partial charge in [-0.15, -0.1) is 0 Å². The van der Waals surface area contributed by atoms with Crippen LogP contribution in [0, 0.1) is 0 Å². The highest BCUT2D eigenvalue weighted by Gasteiger charge is 2.44. The fourth-order valence-corrected chi connectivity index (χ4v) is 1.72. The van der Waals surface area contributed by atoms with Gasteiger partial charge in [0.05, 0.1) is 0 Å². The average molecular weight is 328 g/mol. The molecule has 1 rings (SSSR count). The van der Waals surface area contributed by atoms with E-state index < -0.39 is 5.54 Å². The standard InChI is InChI=1S/C8H12Br2N2O2/c1-8(2)6(13)12(7(14)11-8)4-5(10)3-9/h5H,3-4H2,1-2H3,(H,11,14). The van der Waals surface area contributed by atoms with Crippen LogP contribution in [-0.2, 0) is 4.79 Å². The van der Waals surface area contributed by atoms with Crippen LogP contribution >= 0.6 is 31.9 Å². The topological polar surface area (TPSA) is 49.4 Å². The summed E-state index contributed by atoms with van der Waals surface area (Å²) in [4.78, 5) is 24.4. The zero-order valence-electron chi connectivity index (χ0n) is 8.01. The zero-order chi connectivity index (χ0) is 10.9. The van der Waals surface area contributed by atoms with Gasteiger partial charge in [-0.2, -0.15) is 0 Å². The average Bonchev–Trinajstić information content (AvgIpc) is 2.28. The van der Waals surface area contributed by atoms with E-state index in [1.165, 1.54) is 4.90 Å². The van der Waals surface area contributed by atoms with Gasteiger partial charge in [0.1, 0.15) is 5.54 Å². The Morgan fingerprint density at radius 1 is 1.50 bits per heavy atom. The Hall–Kier alpha value is -0.100. The highest BCUT2D eigenvalue weighted by Crippen LogP contribution is 2.18. The molecule has 1 fully saturated rings. The van der Waals surface area contributed by atoms with Crippen LogP contribution in [0.25, 0.3) is 0 Å². The van der Waals surface area contributed by atoms with Gasteiger partial charge < -0.3 is 5.32 Å². The summed E-state index contributed by atoms with van der Waals surface area (Å²) in [6.45, 7) is 3.79. The van der Waals surface area contributed by atoms with E-state index in [9.17, 15) is 9.59 Å². The van der Waals surface area contributed by atoms with E-state index in [0.29, 0.717) is 11.9 Å². The maximum Gasteiger partial charge on any atom is 0.325 e. The lowest BCUT2D eigenvalue weighted by atomic mass is 10.1. The van der Waals surface area contributed by atoms with Crippen molar-refractivity contribution in [2.24, 2.45) is 0 Å². The third kappa shape index (κ3) is 2.28. The summed E-state index contributed by atoms with van der Waals surface area (Å²) in [6, 6.07) is -0.314. The number of alkyl halides is 2. The first-order valence-corrected chi connectivity index (χ1v) is 6.26. The molecular weight excluding hydrogens is 316 g/mol. The normalized spacial score (nSPS) is 22.4. The van der Waals surface area contributed by atoms with Crippen molar-refractivity contribution in [3.8, 4) is 0 Å². The summed E-state index contributed by atoms with van der Waals surface area (Å²) in [5, 5.41) is 3.32. The lowest BCUT2D eigenvalue weighted by Gasteiger charge is -2.17. The predicted octanol–water partition coefficient (Wildman–Crippen LogP) is 1.48. The second-order valence-corrected chi connectivity index (χ2v) is 5.66. The molecule has 1 unspecified atom stereocenters. The Kier molecular flexibility index (Phi) is 3.58. The number of hydrogen-bond donors (Lipinski definition) is 1. The Bertz CT molecular complexity index is 268. The van der Waals surface area contributed by atoms with Crippen LogP contribution < -0.4 is 5.32 Å². The number of nitrogens with zero attached hydrogens (tertiary/aromatic N) is 1. The minimum atomic E-state index is -0.768. The number of imide groups is 1. The van der Waals surface area contributed by atoms with Gasteiger partial charge in [-0.25, -0.2) is 4.79 Å². The smallest absolute Gasteiger partial charge is 0.324 e. The number of amides is 3. The molecule has 14 heavy (non-hydrogen) atoms. The molecular formula is C8H12Br2N2O2. The first-order valence-electron chi connectivity index (χ1n) is 4.22. The van der Waals surface area contributed by atoms with Crippen LogP contribution in [0.2, 0.25) is 0 Å². The van der Waals surface area contributed by atoms with E-state index in [1.807, 2.05) is 0 Å². The summed E-state index contributed by atoms with van der Waals surface area (Å²) in [6.07, 6.45) is 0. The molecule has 0 aromatic heterocycles. The summed E-state index contributed by atoms with van der Waals surface area (Å²) in [5.41, 5.74) is -0.768. The number of urea groups is 1. The largest absolute Gasteiger partial charge is 0.325 e. The van der Waals surface area contributed by atoms with Crippen LogP contribution in [0.5, 0.6) is 0 Å². The second kappa shape index (κ2) is 4.18. The lowest BCUT2D eigenvalue weighted by Crippen LogP contribution is -2.41. The number of hydrogen-bond acceptors (Lipinski definition) is 2. The molecule has 0 aromatic carbocycles. The first kappa shape index (κ1) is 12.0. The number of halogens is 2. The Balaban J connectivity index is 2.71. The predicted molar refractivity (Wildman–Crippen MR) is 60.8 cm³/mol. The number of carbonyl (C=O) groups excluding carboxylic acids is 2. The molecule has 6 heteroatoms. The highest BCUT2D eigenvalue weighted by atomic mass is 79.9. The van der Waals surface area contributed by atoms with Crippen molar-refractivity contribution in [3.05, 3.63) is 0 Å². The van der Waals surface area contributed by atoms with Crippen LogP contribution in [0.1, 0.15) is 13.8 Å². The van der Waals surface area contributed by atoms with Gasteiger partial charge in [0.25, 0.3) is 5.91 Å². The minimum Gasteiger partial charge on any atom is -0.324 e. The van der Waals surface area contributed by atoms with Crippen LogP contribution in [0.15, 0.2) is 0 Å². The van der Waals surface area contributed by atoms with Crippen molar-refractivity contribution in [1.82, 2.24) is 10.2 Å². The molecule has 0 spiro atoms. The number of carbonyl (C=O) groups is 2. The van der Waals surface area contributed by atoms with E-state index >= 15 is 0 Å². The molecule has 0 bridgehead atoms. The maximum atomic E-state index is 11.7. The summed E-state index contributed by atoms with van der Waals surface area (Å²) in [5.74, 6) is -0.173. The fraction of sp³-hybridized carbons (Fsp3) is 0.750. The summed E-state index contributed by atoms with van der Waals surface area (Å²) in [7, 11) is 0. The highest BCUT2D eigenvalue weighted by molar-refractivity contribution is 9.12. The zero-order valence-corrected chi connectivity index (χ0v) is 11.2. The van der Waals surface area contributed by atoms with E-state index in [4.69, 9.17) is 0 Å². The Labute approximate surface area is 99.7 Å². The van der Waals surface area contributed by atoms with E-state index in [2.05, 4.69) is 37.2 Å². The molecule has 4 nitrogen and oxygen atoms in total. The van der Waals surface area contributed by atoms with Crippen molar-refractivity contribution in [3.63, 3.8) is 0 Å². The first-order chi connectivity index (χ1) is 6.38. The molecule has 1 aliphatic heterocycles. The Morgan fingerprint density at radius 2 is 2.07 bits per heavy atom. The van der Waals surface area contributed by atoms with Crippen molar-refractivity contribution >= 4 is 43.8 Å². The number of nitrogens with one attached hydrogen (secondary N) is 1. The third-order valence-corrected chi connectivity index (χ3v) is 4.26. The molecule has 0 radical (unpaired) electrons. The molecule has 80 valence electrons. The summed E-state index contributed by atoms with van der Waals surface area (Å²) >= 11 is 6.63. The van der Waals surface area contributed by atoms with Gasteiger partial charge in [0.15, 0.2) is 0 Å². The van der Waals surface area contributed by atoms with Gasteiger partial charge in [-0.05, 0) is 13.8 Å². The second-order valence-electron chi connectivity index (χ2n) is 3.72. The SMILES string of the molecule is CC1(C)NC(=O)N(CC(Br)CBr)C1=O. The van der Waals surface area contributed by atoms with E-state index in [-0.39, 0.29) is 16.8 Å². The van der Waals surface area contributed by atoms with Gasteiger partial charge in [-0.1, -0.05) is 31.9 Å². The molecule has 1 aliphatic rings. The van der Waals surface area contributed by atoms with E-state index in [0.717, 1.165) is 0 Å². The number of rotatable bonds is 3. The monoisotopic (exact) mass is 326 g/mol. The fourth-order valence-electron chi connectivity index (χ4n) is 1.23. The van der Waals surface area contributed by atoms with Gasteiger partial charge >= 0.3 is 6.03 Å². The van der Waals surface area contributed by atoms with Crippen molar-refractivity contribution in [2.45, 2.75) is 24.2 Å². The summed E-state index contributed by atoms with van der Waals surface area (Å²) < 4.78 is 0. The van der Waals surface area contributed by atoms with E-state index in [1.54, 1.807) is 13.8 Å². The molecule has 0 saturated carbocycles. The van der Waals surface area contributed by atoms with Crippen molar-refractivity contribution < 1.29 is 9.59 Å². The molecule has 1 heterocycles. The van der Waals surface area contributed by atoms with Crippen molar-refractivity contribution in [2.75, 3.05) is 11.9 Å². The molecule has 0 aromatic rings. The Morgan fingerprint density at radius 3 is 2.43 bits per heavy atom. The van der Waals surface area contributed by atoms with Crippen molar-refractivity contribution in [1.29, 1.82) is 0 Å². The molecule has 0 aliphatic carbocycles. The van der Waals surface area contributed by atoms with Gasteiger partial charge in [0.2, 0.25) is 0 Å². The molecule has 1 saturated heterocycles. The quantitative estimate of drug-likeness (QED) is 0.630. The molecule has 3 amide bonds. The van der Waals surface area contributed by atoms with Gasteiger partial charge in [-0.3, -0.25) is 9.69 Å². The molecule has 1 atom stereocenters. The van der Waals surface area contributed by atoms with Gasteiger partial charge in [0, 0.05) is 16.7 Å². The minimum absolute atomic E-state index is 0.0890. The van der Waals surface area contributed by atoms with Crippen LogP contribution in [-0.4, -0.2) is 39.1 Å². The van der Waals surface area contributed by atoms with Crippen LogP contribution in [0.4, 0.5) is 4.79 Å². The maximum absolute atomic E-state index is 11.7. The van der Waals surface area contributed by atoms with Crippen LogP contribution in [0.3, 0.4) is 0 Å².